The van der Waals surface area contributed by atoms with Crippen LogP contribution in [-0.2, 0) is 10.3 Å². The molecule has 1 heterocycles. The van der Waals surface area contributed by atoms with Crippen LogP contribution in [0, 0.1) is 0 Å². The van der Waals surface area contributed by atoms with Crippen LogP contribution in [0.2, 0.25) is 0 Å². The SMILES string of the molecule is C[C@H](O)[C@]1(NC(=O)N(C)C)[C@@H](N)[C@H](Nc2c[nH]c3ccccc23)[C@](O)(COC(=O)c2ccccc2)[C@@]1(O)c1ccccc1. The molecule has 11 nitrogen and oxygen atoms in total. The number of nitrogens with zero attached hydrogens (tertiary/aromatic N) is 1. The smallest absolute Gasteiger partial charge is 0.338 e. The molecule has 0 saturated heterocycles. The van der Waals surface area contributed by atoms with Crippen molar-refractivity contribution in [1.82, 2.24) is 15.2 Å². The summed E-state index contributed by atoms with van der Waals surface area (Å²) in [7, 11) is 3.01. The van der Waals surface area contributed by atoms with Crippen molar-refractivity contribution in [2.24, 2.45) is 5.73 Å². The number of fused-ring (bicyclic) bond motifs is 1. The maximum absolute atomic E-state index is 13.3. The Balaban J connectivity index is 1.72. The molecular formula is C32H37N5O6. The highest BCUT2D eigenvalue weighted by molar-refractivity contribution is 5.92. The Kier molecular flexibility index (Phi) is 7.93. The number of para-hydroxylation sites is 1. The van der Waals surface area contributed by atoms with Gasteiger partial charge in [0.2, 0.25) is 0 Å². The molecule has 0 radical (unpaired) electrons. The van der Waals surface area contributed by atoms with Gasteiger partial charge in [0.05, 0.1) is 29.4 Å². The summed E-state index contributed by atoms with van der Waals surface area (Å²) in [5.74, 6) is -0.740. The topological polar surface area (TPSA) is 173 Å². The van der Waals surface area contributed by atoms with E-state index < -0.39 is 53.5 Å². The van der Waals surface area contributed by atoms with E-state index in [1.807, 2.05) is 24.3 Å². The van der Waals surface area contributed by atoms with Crippen LogP contribution in [0.5, 0.6) is 0 Å². The number of urea groups is 1. The third kappa shape index (κ3) is 4.70. The lowest BCUT2D eigenvalue weighted by Crippen LogP contribution is -2.76. The van der Waals surface area contributed by atoms with Crippen molar-refractivity contribution in [3.63, 3.8) is 0 Å². The fourth-order valence-corrected chi connectivity index (χ4v) is 6.30. The molecule has 5 rings (SSSR count). The number of ether oxygens (including phenoxy) is 1. The van der Waals surface area contributed by atoms with Crippen LogP contribution in [-0.4, -0.2) is 87.2 Å². The lowest BCUT2D eigenvalue weighted by Gasteiger charge is -2.50. The summed E-state index contributed by atoms with van der Waals surface area (Å²) in [6.07, 6.45) is 0.179. The fraction of sp³-hybridized carbons (Fsp3) is 0.312. The normalized spacial score (nSPS) is 27.4. The van der Waals surface area contributed by atoms with E-state index in [2.05, 4.69) is 15.6 Å². The maximum Gasteiger partial charge on any atom is 0.338 e. The molecule has 226 valence electrons. The quantitative estimate of drug-likeness (QED) is 0.154. The van der Waals surface area contributed by atoms with Crippen molar-refractivity contribution in [2.75, 3.05) is 26.0 Å². The first-order chi connectivity index (χ1) is 20.5. The molecule has 3 aromatic carbocycles. The van der Waals surface area contributed by atoms with Crippen LogP contribution in [0.1, 0.15) is 22.8 Å². The zero-order valence-electron chi connectivity index (χ0n) is 24.2. The number of amides is 2. The molecule has 0 unspecified atom stereocenters. The highest BCUT2D eigenvalue weighted by atomic mass is 16.5. The minimum Gasteiger partial charge on any atom is -0.459 e. The number of aliphatic hydroxyl groups excluding tert-OH is 1. The Morgan fingerprint density at radius 1 is 1.00 bits per heavy atom. The summed E-state index contributed by atoms with van der Waals surface area (Å²) >= 11 is 0. The van der Waals surface area contributed by atoms with Gasteiger partial charge in [-0.1, -0.05) is 66.7 Å². The minimum atomic E-state index is -2.50. The van der Waals surface area contributed by atoms with Gasteiger partial charge >= 0.3 is 12.0 Å². The van der Waals surface area contributed by atoms with Crippen LogP contribution in [0.3, 0.4) is 0 Å². The van der Waals surface area contributed by atoms with E-state index in [-0.39, 0.29) is 11.1 Å². The first kappa shape index (κ1) is 30.1. The first-order valence-corrected chi connectivity index (χ1v) is 14.0. The Labute approximate surface area is 249 Å². The standard InChI is InChI=1S/C32H37N5O6/c1-20(38)31(36-29(40)37(2)3)26(33)27(35-25-18-34-24-17-11-10-16-23(24)25)30(41,32(31,42)22-14-8-5-9-15-22)19-43-28(39)21-12-6-4-7-13-21/h4-18,20,26-27,34-35,38,41-42H,19,33H2,1-3H3,(H,36,40)/t20-,26-,27-,30+,31-,32-/m0/s1. The van der Waals surface area contributed by atoms with E-state index in [9.17, 15) is 24.9 Å². The number of anilines is 1. The number of hydrogen-bond acceptors (Lipinski definition) is 8. The molecule has 1 aliphatic carbocycles. The van der Waals surface area contributed by atoms with Crippen molar-refractivity contribution in [3.05, 3.63) is 102 Å². The molecule has 43 heavy (non-hydrogen) atoms. The van der Waals surface area contributed by atoms with Crippen molar-refractivity contribution in [2.45, 2.75) is 41.9 Å². The summed E-state index contributed by atoms with van der Waals surface area (Å²) in [6, 6.07) is 20.5. The van der Waals surface area contributed by atoms with Gasteiger partial charge in [0.25, 0.3) is 0 Å². The summed E-state index contributed by atoms with van der Waals surface area (Å²) in [5.41, 5.74) is 1.68. The van der Waals surface area contributed by atoms with Gasteiger partial charge in [0.1, 0.15) is 12.1 Å². The van der Waals surface area contributed by atoms with Gasteiger partial charge in [-0.3, -0.25) is 0 Å². The van der Waals surface area contributed by atoms with Gasteiger partial charge in [-0.2, -0.15) is 0 Å². The van der Waals surface area contributed by atoms with Crippen LogP contribution in [0.4, 0.5) is 10.5 Å². The number of esters is 1. The Bertz CT molecular complexity index is 1600. The van der Waals surface area contributed by atoms with Crippen molar-refractivity contribution in [3.8, 4) is 0 Å². The van der Waals surface area contributed by atoms with Gasteiger partial charge in [-0.25, -0.2) is 9.59 Å². The van der Waals surface area contributed by atoms with Gasteiger partial charge in [-0.15, -0.1) is 0 Å². The number of nitrogens with one attached hydrogen (secondary N) is 3. The summed E-state index contributed by atoms with van der Waals surface area (Å²) < 4.78 is 5.69. The van der Waals surface area contributed by atoms with Crippen LogP contribution in [0.15, 0.2) is 91.1 Å². The third-order valence-electron chi connectivity index (χ3n) is 8.53. The predicted octanol–water partition coefficient (Wildman–Crippen LogP) is 2.16. The largest absolute Gasteiger partial charge is 0.459 e. The molecule has 0 bridgehead atoms. The summed E-state index contributed by atoms with van der Waals surface area (Å²) in [5, 5.41) is 44.1. The zero-order chi connectivity index (χ0) is 31.0. The molecule has 1 fully saturated rings. The van der Waals surface area contributed by atoms with Crippen LogP contribution in [0.25, 0.3) is 10.9 Å². The van der Waals surface area contributed by atoms with Crippen LogP contribution < -0.4 is 16.4 Å². The van der Waals surface area contributed by atoms with Gasteiger partial charge in [0, 0.05) is 31.2 Å². The fourth-order valence-electron chi connectivity index (χ4n) is 6.30. The Morgan fingerprint density at radius 3 is 2.23 bits per heavy atom. The van der Waals surface area contributed by atoms with E-state index in [0.29, 0.717) is 5.69 Å². The molecule has 0 aliphatic heterocycles. The lowest BCUT2D eigenvalue weighted by molar-refractivity contribution is -0.202. The van der Waals surface area contributed by atoms with E-state index in [1.54, 1.807) is 66.9 Å². The second kappa shape index (κ2) is 11.3. The highest BCUT2D eigenvalue weighted by Gasteiger charge is 2.78. The number of aliphatic hydroxyl groups is 3. The number of carbonyl (C=O) groups is 2. The van der Waals surface area contributed by atoms with E-state index in [4.69, 9.17) is 10.5 Å². The molecule has 1 aliphatic rings. The molecule has 4 aromatic rings. The van der Waals surface area contributed by atoms with Crippen molar-refractivity contribution >= 4 is 28.6 Å². The third-order valence-corrected chi connectivity index (χ3v) is 8.53. The molecule has 8 N–H and O–H groups in total. The summed E-state index contributed by atoms with van der Waals surface area (Å²) in [6.45, 7) is 0.639. The second-order valence-corrected chi connectivity index (χ2v) is 11.2. The molecule has 11 heteroatoms. The molecule has 6 atom stereocenters. The summed E-state index contributed by atoms with van der Waals surface area (Å²) in [4.78, 5) is 30.8. The van der Waals surface area contributed by atoms with Gasteiger partial charge in [-0.05, 0) is 30.7 Å². The number of rotatable bonds is 8. The van der Waals surface area contributed by atoms with E-state index >= 15 is 0 Å². The van der Waals surface area contributed by atoms with E-state index in [1.165, 1.54) is 25.9 Å². The number of nitrogens with two attached hydrogens (primary N) is 1. The number of carbonyl (C=O) groups excluding carboxylic acids is 2. The average molecular weight is 588 g/mol. The number of aromatic nitrogens is 1. The van der Waals surface area contributed by atoms with Crippen molar-refractivity contribution in [1.29, 1.82) is 0 Å². The highest BCUT2D eigenvalue weighted by Crippen LogP contribution is 2.55. The zero-order valence-corrected chi connectivity index (χ0v) is 24.2. The van der Waals surface area contributed by atoms with Gasteiger partial charge < -0.3 is 46.3 Å². The maximum atomic E-state index is 13.3. The van der Waals surface area contributed by atoms with Crippen LogP contribution >= 0.6 is 0 Å². The van der Waals surface area contributed by atoms with Gasteiger partial charge in [0.15, 0.2) is 11.2 Å². The number of benzene rings is 3. The number of H-pyrrole nitrogens is 1. The molecular weight excluding hydrogens is 550 g/mol. The number of aromatic amines is 1. The Hall–Kier alpha value is -4.42. The van der Waals surface area contributed by atoms with Crippen molar-refractivity contribution < 1.29 is 29.6 Å². The Morgan fingerprint density at radius 2 is 1.60 bits per heavy atom. The average Bonchev–Trinajstić information content (AvgIpc) is 3.48. The molecule has 0 spiro atoms. The van der Waals surface area contributed by atoms with E-state index in [0.717, 1.165) is 10.9 Å². The monoisotopic (exact) mass is 587 g/mol. The first-order valence-electron chi connectivity index (χ1n) is 14.0. The predicted molar refractivity (Wildman–Crippen MR) is 162 cm³/mol. The molecule has 1 aromatic heterocycles. The minimum absolute atomic E-state index is 0.145. The second-order valence-electron chi connectivity index (χ2n) is 11.2. The lowest BCUT2D eigenvalue weighted by atomic mass is 9.68. The molecule has 1 saturated carbocycles. The molecule has 2 amide bonds. The number of hydrogen-bond donors (Lipinski definition) is 7.